The van der Waals surface area contributed by atoms with Crippen LogP contribution in [0.3, 0.4) is 0 Å². The van der Waals surface area contributed by atoms with Crippen LogP contribution in [0.15, 0.2) is 41.8 Å². The number of carbonyl (C=O) groups excluding carboxylic acids is 1. The molecule has 1 unspecified atom stereocenters. The highest BCUT2D eigenvalue weighted by molar-refractivity contribution is 7.80. The molecule has 2 aromatic rings. The zero-order chi connectivity index (χ0) is 15.2. The summed E-state index contributed by atoms with van der Waals surface area (Å²) in [4.78, 5) is 13.9. The molecule has 3 N–H and O–H groups in total. The maximum absolute atomic E-state index is 12.4. The van der Waals surface area contributed by atoms with Crippen molar-refractivity contribution in [3.63, 3.8) is 0 Å². The first-order valence-electron chi connectivity index (χ1n) is 6.86. The van der Waals surface area contributed by atoms with E-state index in [0.717, 1.165) is 12.8 Å². The van der Waals surface area contributed by atoms with Gasteiger partial charge in [-0.3, -0.25) is 4.79 Å². The lowest BCUT2D eigenvalue weighted by atomic mass is 10.1. The lowest BCUT2D eigenvalue weighted by molar-refractivity contribution is 0.0935. The molecule has 3 nitrogen and oxygen atoms in total. The van der Waals surface area contributed by atoms with Gasteiger partial charge >= 0.3 is 0 Å². The van der Waals surface area contributed by atoms with Gasteiger partial charge in [-0.25, -0.2) is 0 Å². The van der Waals surface area contributed by atoms with E-state index in [0.29, 0.717) is 16.1 Å². The smallest absolute Gasteiger partial charge is 0.251 e. The molecule has 1 heterocycles. The third-order valence-electron chi connectivity index (χ3n) is 3.18. The molecule has 1 atom stereocenters. The monoisotopic (exact) mass is 318 g/mol. The summed E-state index contributed by atoms with van der Waals surface area (Å²) >= 11 is 6.61. The van der Waals surface area contributed by atoms with Crippen molar-refractivity contribution in [2.75, 3.05) is 0 Å². The van der Waals surface area contributed by atoms with Crippen LogP contribution in [0.1, 0.15) is 46.6 Å². The van der Waals surface area contributed by atoms with Gasteiger partial charge in [-0.2, -0.15) is 0 Å². The molecule has 110 valence electrons. The molecule has 1 aromatic carbocycles. The summed E-state index contributed by atoms with van der Waals surface area (Å²) in [6.45, 7) is 2.11. The van der Waals surface area contributed by atoms with Gasteiger partial charge in [0, 0.05) is 16.0 Å². The van der Waals surface area contributed by atoms with Gasteiger partial charge in [-0.05, 0) is 30.0 Å². The first-order valence-corrected chi connectivity index (χ1v) is 8.14. The van der Waals surface area contributed by atoms with Gasteiger partial charge in [0.1, 0.15) is 4.99 Å². The highest BCUT2D eigenvalue weighted by atomic mass is 32.1. The number of rotatable bonds is 6. The molecule has 21 heavy (non-hydrogen) atoms. The fourth-order valence-corrected chi connectivity index (χ4v) is 3.06. The number of amides is 1. The van der Waals surface area contributed by atoms with E-state index in [2.05, 4.69) is 18.3 Å². The second-order valence-electron chi connectivity index (χ2n) is 4.78. The van der Waals surface area contributed by atoms with Gasteiger partial charge in [-0.15, -0.1) is 11.3 Å². The number of hydrogen-bond acceptors (Lipinski definition) is 3. The minimum Gasteiger partial charge on any atom is -0.389 e. The molecule has 0 aliphatic carbocycles. The average molecular weight is 318 g/mol. The molecular weight excluding hydrogens is 300 g/mol. The second kappa shape index (κ2) is 7.33. The minimum absolute atomic E-state index is 0.0518. The van der Waals surface area contributed by atoms with Crippen molar-refractivity contribution in [2.24, 2.45) is 5.73 Å². The van der Waals surface area contributed by atoms with Crippen LogP contribution in [0, 0.1) is 0 Å². The molecule has 1 amide bonds. The summed E-state index contributed by atoms with van der Waals surface area (Å²) in [5.41, 5.74) is 6.90. The average Bonchev–Trinajstić information content (AvgIpc) is 3.01. The number of carbonyl (C=O) groups is 1. The lowest BCUT2D eigenvalue weighted by Gasteiger charge is -2.17. The molecule has 2 rings (SSSR count). The molecule has 0 fully saturated rings. The van der Waals surface area contributed by atoms with Crippen molar-refractivity contribution in [1.82, 2.24) is 5.32 Å². The molecule has 0 spiro atoms. The highest BCUT2D eigenvalue weighted by Gasteiger charge is 2.16. The van der Waals surface area contributed by atoms with Crippen molar-refractivity contribution in [1.29, 1.82) is 0 Å². The quantitative estimate of drug-likeness (QED) is 0.799. The topological polar surface area (TPSA) is 55.1 Å². The van der Waals surface area contributed by atoms with E-state index in [1.165, 1.54) is 4.88 Å². The normalized spacial score (nSPS) is 11.9. The van der Waals surface area contributed by atoms with Gasteiger partial charge in [0.2, 0.25) is 0 Å². The third-order valence-corrected chi connectivity index (χ3v) is 4.40. The summed E-state index contributed by atoms with van der Waals surface area (Å²) in [6.07, 6.45) is 1.93. The second-order valence-corrected chi connectivity index (χ2v) is 6.19. The fraction of sp³-hybridized carbons (Fsp3) is 0.250. The molecule has 0 radical (unpaired) electrons. The predicted octanol–water partition coefficient (Wildman–Crippen LogP) is 3.65. The Morgan fingerprint density at radius 3 is 2.71 bits per heavy atom. The Hall–Kier alpha value is -1.72. The van der Waals surface area contributed by atoms with Crippen LogP contribution in [0.2, 0.25) is 0 Å². The molecule has 5 heteroatoms. The molecule has 0 bridgehead atoms. The number of thiophene rings is 1. The van der Waals surface area contributed by atoms with E-state index in [4.69, 9.17) is 18.0 Å². The van der Waals surface area contributed by atoms with Gasteiger partial charge in [-0.1, -0.05) is 43.8 Å². The molecule has 0 aliphatic heterocycles. The van der Waals surface area contributed by atoms with Crippen molar-refractivity contribution < 1.29 is 4.79 Å². The molecule has 0 saturated carbocycles. The maximum atomic E-state index is 12.4. The molecule has 0 saturated heterocycles. The Bertz CT molecular complexity index is 623. The predicted molar refractivity (Wildman–Crippen MR) is 91.8 cm³/mol. The molecular formula is C16H18N2OS2. The number of nitrogens with two attached hydrogens (primary N) is 1. The summed E-state index contributed by atoms with van der Waals surface area (Å²) in [5.74, 6) is -0.0973. The van der Waals surface area contributed by atoms with E-state index in [1.807, 2.05) is 17.5 Å². The summed E-state index contributed by atoms with van der Waals surface area (Å²) in [6, 6.07) is 11.2. The van der Waals surface area contributed by atoms with Crippen molar-refractivity contribution in [3.05, 3.63) is 57.8 Å². The lowest BCUT2D eigenvalue weighted by Crippen LogP contribution is -2.28. The van der Waals surface area contributed by atoms with E-state index in [1.54, 1.807) is 29.5 Å². The number of hydrogen-bond donors (Lipinski definition) is 2. The van der Waals surface area contributed by atoms with Gasteiger partial charge in [0.15, 0.2) is 0 Å². The van der Waals surface area contributed by atoms with E-state index in [-0.39, 0.29) is 11.9 Å². The Labute approximate surface area is 134 Å². The standard InChI is InChI=1S/C16H18N2OS2/c1-2-5-13(14-8-4-9-21-14)18-16(19)12-7-3-6-11(10-12)15(17)20/h3-4,6-10,13H,2,5H2,1H3,(H2,17,20)(H,18,19). The van der Waals surface area contributed by atoms with Crippen LogP contribution in [0.4, 0.5) is 0 Å². The van der Waals surface area contributed by atoms with Crippen LogP contribution in [-0.2, 0) is 0 Å². The third kappa shape index (κ3) is 4.12. The van der Waals surface area contributed by atoms with Gasteiger partial charge < -0.3 is 11.1 Å². The van der Waals surface area contributed by atoms with Crippen LogP contribution in [-0.4, -0.2) is 10.9 Å². The number of thiocarbonyl (C=S) groups is 1. The zero-order valence-corrected chi connectivity index (χ0v) is 13.5. The fourth-order valence-electron chi connectivity index (χ4n) is 2.12. The molecule has 0 aliphatic rings. The van der Waals surface area contributed by atoms with Crippen molar-refractivity contribution in [2.45, 2.75) is 25.8 Å². The summed E-state index contributed by atoms with van der Waals surface area (Å²) < 4.78 is 0. The Kier molecular flexibility index (Phi) is 5.47. The first kappa shape index (κ1) is 15.7. The first-order chi connectivity index (χ1) is 10.1. The van der Waals surface area contributed by atoms with Crippen LogP contribution in [0.5, 0.6) is 0 Å². The minimum atomic E-state index is -0.0973. The van der Waals surface area contributed by atoms with Crippen LogP contribution in [0.25, 0.3) is 0 Å². The van der Waals surface area contributed by atoms with Crippen molar-refractivity contribution in [3.8, 4) is 0 Å². The number of benzene rings is 1. The number of nitrogens with one attached hydrogen (secondary N) is 1. The maximum Gasteiger partial charge on any atom is 0.251 e. The Balaban J connectivity index is 2.15. The largest absolute Gasteiger partial charge is 0.389 e. The van der Waals surface area contributed by atoms with E-state index < -0.39 is 0 Å². The van der Waals surface area contributed by atoms with Crippen LogP contribution >= 0.6 is 23.6 Å². The Morgan fingerprint density at radius 2 is 2.10 bits per heavy atom. The van der Waals surface area contributed by atoms with Crippen LogP contribution < -0.4 is 11.1 Å². The van der Waals surface area contributed by atoms with E-state index in [9.17, 15) is 4.79 Å². The SMILES string of the molecule is CCCC(NC(=O)c1cccc(C(N)=S)c1)c1cccs1. The highest BCUT2D eigenvalue weighted by Crippen LogP contribution is 2.23. The van der Waals surface area contributed by atoms with Gasteiger partial charge in [0.05, 0.1) is 6.04 Å². The van der Waals surface area contributed by atoms with Crippen molar-refractivity contribution >= 4 is 34.5 Å². The van der Waals surface area contributed by atoms with Gasteiger partial charge in [0.25, 0.3) is 5.91 Å². The van der Waals surface area contributed by atoms with E-state index >= 15 is 0 Å². The summed E-state index contributed by atoms with van der Waals surface area (Å²) in [7, 11) is 0. The Morgan fingerprint density at radius 1 is 1.33 bits per heavy atom. The summed E-state index contributed by atoms with van der Waals surface area (Å²) in [5, 5.41) is 5.12. The molecule has 1 aromatic heterocycles. The zero-order valence-electron chi connectivity index (χ0n) is 11.8.